The Morgan fingerprint density at radius 2 is 0.593 bits per heavy atom. The van der Waals surface area contributed by atoms with Crippen LogP contribution in [0.4, 0.5) is 0 Å². The van der Waals surface area contributed by atoms with Crippen molar-refractivity contribution in [1.82, 2.24) is 157 Å². The summed E-state index contributed by atoms with van der Waals surface area (Å²) in [4.78, 5) is 36.5. The average Bonchev–Trinajstić information content (AvgIpc) is 1.62. The summed E-state index contributed by atoms with van der Waals surface area (Å²) >= 11 is 14.0. The Labute approximate surface area is 871 Å². The third-order valence-corrected chi connectivity index (χ3v) is 26.5. The van der Waals surface area contributed by atoms with Crippen LogP contribution in [0.5, 0.6) is 17.0 Å². The first kappa shape index (κ1) is 97.8. The number of nitrogens with one attached hydrogen (secondary N) is 2. The fraction of sp³-hybridized carbons (Fsp3) is 0.215. The van der Waals surface area contributed by atoms with Crippen LogP contribution in [0.15, 0.2) is 178 Å². The smallest absolute Gasteiger partial charge is 0.274 e. The lowest BCUT2D eigenvalue weighted by Gasteiger charge is -2.08. The number of nitrogens with zero attached hydrogens (tertiary/aromatic N) is 30. The van der Waals surface area contributed by atoms with E-state index < -0.39 is 0 Å². The van der Waals surface area contributed by atoms with Gasteiger partial charge in [0.25, 0.3) is 5.19 Å². The molecule has 0 aliphatic carbocycles. The summed E-state index contributed by atoms with van der Waals surface area (Å²) < 4.78 is 62.8. The summed E-state index contributed by atoms with van der Waals surface area (Å²) in [6.45, 7) is 14.6. The van der Waals surface area contributed by atoms with Gasteiger partial charge in [-0.2, -0.15) is 10.2 Å². The number of aromatic amines is 2. The number of aromatic nitrogens is 32. The maximum atomic E-state index is 6.29. The summed E-state index contributed by atoms with van der Waals surface area (Å²) in [5.74, 6) is 40.4. The number of fused-ring (bicyclic) bond motifs is 25. The molecule has 0 radical (unpaired) electrons. The number of hydrogen-bond acceptors (Lipinski definition) is 29. The van der Waals surface area contributed by atoms with Gasteiger partial charge in [-0.3, -0.25) is 32.8 Å². The molecule has 5 aromatic carbocycles. The number of H-pyrrole nitrogens is 2. The van der Waals surface area contributed by atoms with E-state index in [1.165, 1.54) is 11.3 Å². The molecule has 0 unspecified atom stereocenters. The molecule has 0 saturated carbocycles. The first-order valence-electron chi connectivity index (χ1n) is 46.8. The zero-order chi connectivity index (χ0) is 103. The molecule has 20 heterocycles. The van der Waals surface area contributed by atoms with E-state index >= 15 is 0 Å². The number of ether oxygens (including phenoxy) is 8. The van der Waals surface area contributed by atoms with Crippen LogP contribution in [0, 0.1) is 93.8 Å². The van der Waals surface area contributed by atoms with Crippen LogP contribution in [0.2, 0.25) is 10.0 Å². The van der Waals surface area contributed by atoms with E-state index in [0.29, 0.717) is 132 Å². The lowest BCUT2D eigenvalue weighted by molar-refractivity contribution is 0.174. The zero-order valence-electron chi connectivity index (χ0n) is 83.2. The molecule has 0 bridgehead atoms. The van der Waals surface area contributed by atoms with Crippen molar-refractivity contribution in [2.45, 2.75) is 100 Å². The second-order valence-corrected chi connectivity index (χ2v) is 36.4. The van der Waals surface area contributed by atoms with E-state index in [2.05, 4.69) is 273 Å². The van der Waals surface area contributed by atoms with Gasteiger partial charge in [0.2, 0.25) is 11.8 Å². The van der Waals surface area contributed by atoms with Gasteiger partial charge in [-0.05, 0) is 167 Å². The number of methoxy groups -OCH3 is 8. The molecule has 0 fully saturated rings. The number of benzene rings is 5. The largest absolute Gasteiger partial charge is 0.480 e. The van der Waals surface area contributed by atoms with Crippen molar-refractivity contribution >= 4 is 34.5 Å². The molecular weight excluding hydrogens is 1960 g/mol. The second-order valence-electron chi connectivity index (χ2n) is 34.6. The van der Waals surface area contributed by atoms with Gasteiger partial charge in [0.15, 0.2) is 58.2 Å². The van der Waals surface area contributed by atoms with Crippen molar-refractivity contribution in [2.24, 2.45) is 0 Å². The fourth-order valence-corrected chi connectivity index (χ4v) is 18.8. The van der Waals surface area contributed by atoms with Gasteiger partial charge in [0.05, 0.1) is 141 Å². The minimum atomic E-state index is 0.338. The summed E-state index contributed by atoms with van der Waals surface area (Å²) in [6, 6.07) is 38.0. The van der Waals surface area contributed by atoms with Crippen LogP contribution in [-0.2, 0) is 89.4 Å². The molecular formula is C107H90Cl2N32O8S. The Hall–Kier alpha value is -18.2. The van der Waals surface area contributed by atoms with Crippen LogP contribution in [-0.4, -0.2) is 214 Å². The van der Waals surface area contributed by atoms with Crippen molar-refractivity contribution < 1.29 is 37.9 Å². The van der Waals surface area contributed by atoms with Crippen molar-refractivity contribution in [3.63, 3.8) is 0 Å². The monoisotopic (exact) mass is 2050 g/mol. The number of hydrogen-bond donors (Lipinski definition) is 2. The van der Waals surface area contributed by atoms with Crippen molar-refractivity contribution in [3.8, 4) is 162 Å². The third-order valence-electron chi connectivity index (χ3n) is 25.1. The highest BCUT2D eigenvalue weighted by Gasteiger charge is 2.34. The van der Waals surface area contributed by atoms with Crippen LogP contribution in [0.3, 0.4) is 0 Å². The Morgan fingerprint density at radius 3 is 0.873 bits per heavy atom. The van der Waals surface area contributed by atoms with E-state index in [-0.39, 0.29) is 0 Å². The van der Waals surface area contributed by atoms with Gasteiger partial charge in [-0.1, -0.05) is 93.1 Å². The zero-order valence-corrected chi connectivity index (χ0v) is 85.5. The minimum Gasteiger partial charge on any atom is -0.480 e. The Balaban J connectivity index is 0.000000109. The molecule has 20 aromatic rings. The van der Waals surface area contributed by atoms with Gasteiger partial charge >= 0.3 is 0 Å². The lowest BCUT2D eigenvalue weighted by Crippen LogP contribution is -2.09. The number of imidazole rings is 5. The standard InChI is InChI=1S/C23H20N6O.C22H17ClN6O.C21H19N7O2.C21H18N6O2S.C20H16ClN7O2/c1-15-6-9-20-18(11-15)23-27-26-22(13-30-3)28(23)12-21-19(25-14-29(20)21)8-7-17-5-4-10-24-16(17)2;1-14-15(4-3-9-24-14)5-7-18-20-11-28-21(12-30-2)26-27-22(28)17-10-16(23)6-8-19(17)29(20)13-25-18;1-13-4-7-17-15(8-13)20-25-24-19(11-29-2)27(20)10-18-16(22-12-28(17)18)6-5-14-9-23-26-21(14)30-3;1-13-4-7-17-15(8-13)20-25-24-19(11-28-2)26(20)10-18-16(23-12-27(17)18)6-5-14-9-22-21(29-3)30-14;1-29-10-18-24-25-19-14-7-13(21)4-6-16(14)28-11-22-15(17(28)9-27(18)19)5-3-12-8-23-26-20(12)30-2/h4-6,9-11,14H,12-13H2,1-3H3;3-4,6,8-10,13H,11-12H2,1-2H3;4,7-9,12H,10-11H2,1-3H3,(H,23,26);4,7-9,12H,10-11H2,1-3H3;4,6-8,11H,9-10H2,1-2H3,(H,23,26). The predicted octanol–water partition coefficient (Wildman–Crippen LogP) is 13.8. The van der Waals surface area contributed by atoms with E-state index in [4.69, 9.17) is 61.1 Å². The van der Waals surface area contributed by atoms with Crippen molar-refractivity contribution in [3.05, 3.63) is 329 Å². The molecule has 5 aliphatic heterocycles. The van der Waals surface area contributed by atoms with Crippen molar-refractivity contribution in [2.75, 3.05) is 56.9 Å². The summed E-state index contributed by atoms with van der Waals surface area (Å²) in [6.07, 6.45) is 17.5. The highest BCUT2D eigenvalue weighted by atomic mass is 35.5. The van der Waals surface area contributed by atoms with E-state index in [1.54, 1.807) is 107 Å². The van der Waals surface area contributed by atoms with Gasteiger partial charge in [0.1, 0.15) is 109 Å². The second kappa shape index (κ2) is 42.8. The highest BCUT2D eigenvalue weighted by molar-refractivity contribution is 7.13. The molecule has 5 aliphatic rings. The van der Waals surface area contributed by atoms with Gasteiger partial charge in [0, 0.05) is 96.9 Å². The number of thiazole rings is 1. The summed E-state index contributed by atoms with van der Waals surface area (Å²) in [5, 5.41) is 59.2. The van der Waals surface area contributed by atoms with Gasteiger partial charge in [-0.15, -0.1) is 51.0 Å². The predicted molar refractivity (Wildman–Crippen MR) is 553 cm³/mol. The first-order valence-corrected chi connectivity index (χ1v) is 48.3. The molecule has 150 heavy (non-hydrogen) atoms. The number of pyridine rings is 2. The van der Waals surface area contributed by atoms with Gasteiger partial charge < -0.3 is 60.7 Å². The number of halogens is 2. The molecule has 0 amide bonds. The van der Waals surface area contributed by atoms with Crippen LogP contribution in [0.25, 0.3) is 85.4 Å². The summed E-state index contributed by atoms with van der Waals surface area (Å²) in [7, 11) is 13.0. The van der Waals surface area contributed by atoms with Crippen LogP contribution < -0.4 is 14.2 Å². The normalized spacial score (nSPS) is 11.7. The quantitative estimate of drug-likeness (QED) is 0.101. The molecule has 2 N–H and O–H groups in total. The molecule has 15 aromatic heterocycles. The summed E-state index contributed by atoms with van der Waals surface area (Å²) in [5.41, 5.74) is 26.2. The van der Waals surface area contributed by atoms with E-state index in [1.807, 2.05) is 105 Å². The number of aryl methyl sites for hydroxylation is 5. The Bertz CT molecular complexity index is 8530. The maximum absolute atomic E-state index is 6.29. The molecule has 43 heteroatoms. The fourth-order valence-electron chi connectivity index (χ4n) is 17.8. The van der Waals surface area contributed by atoms with Crippen molar-refractivity contribution in [1.29, 1.82) is 0 Å². The minimum absolute atomic E-state index is 0.338. The topological polar surface area (TPSA) is 413 Å². The first-order chi connectivity index (χ1) is 73.4. The van der Waals surface area contributed by atoms with Crippen LogP contribution >= 0.6 is 34.5 Å². The number of rotatable bonds is 13. The van der Waals surface area contributed by atoms with E-state index in [0.717, 1.165) is 187 Å². The molecule has 746 valence electrons. The highest BCUT2D eigenvalue weighted by Crippen LogP contribution is 2.41. The SMILES string of the molecule is COCc1nnc2n1Cc1c(C#Cc3cccnc3C)ncn1-c1ccc(C)cc1-2.COCc1nnc2n1Cc1c(C#Cc3cccnc3C)ncn1-c1ccc(Cl)cc1-2.COCc1nnc2n1Cc1c(C#Cc3cn[nH]c3OC)ncn1-c1ccc(C)cc1-2.COCc1nnc2n1Cc1c(C#Cc3cn[nH]c3OC)ncn1-c1ccc(Cl)cc1-2.COCc1nnc2n1Cc1c(C#Cc3cnc(OC)s3)ncn1-c1ccc(C)cc1-2. The molecule has 0 atom stereocenters. The molecule has 25 rings (SSSR count). The Morgan fingerprint density at radius 1 is 0.307 bits per heavy atom. The van der Waals surface area contributed by atoms with E-state index in [9.17, 15) is 0 Å². The maximum Gasteiger partial charge on any atom is 0.274 e. The van der Waals surface area contributed by atoms with Crippen LogP contribution in [0.1, 0.15) is 141 Å². The molecule has 0 spiro atoms. The average molecular weight is 2060 g/mol. The lowest BCUT2D eigenvalue weighted by atomic mass is 10.1. The third kappa shape index (κ3) is 19.3. The molecule has 0 saturated heterocycles. The Kier molecular flexibility index (Phi) is 27.9. The molecule has 40 nitrogen and oxygen atoms in total. The van der Waals surface area contributed by atoms with Gasteiger partial charge in [-0.25, -0.2) is 40.1 Å².